The average Bonchev–Trinajstić information content (AvgIpc) is 3.00. The van der Waals surface area contributed by atoms with Gasteiger partial charge in [-0.15, -0.1) is 0 Å². The van der Waals surface area contributed by atoms with Gasteiger partial charge in [-0.25, -0.2) is 4.79 Å². The summed E-state index contributed by atoms with van der Waals surface area (Å²) in [5.74, 6) is 0.766. The van der Waals surface area contributed by atoms with E-state index < -0.39 is 11.7 Å². The number of alkyl carbamates (subject to hydrolysis) is 1. The number of ether oxygens (including phenoxy) is 1. The Bertz CT molecular complexity index is 654. The van der Waals surface area contributed by atoms with Crippen LogP contribution in [-0.4, -0.2) is 31.6 Å². The van der Waals surface area contributed by atoms with E-state index in [0.29, 0.717) is 11.7 Å². The van der Waals surface area contributed by atoms with Crippen LogP contribution in [0.2, 0.25) is 0 Å². The molecule has 0 saturated carbocycles. The molecule has 8 heteroatoms. The van der Waals surface area contributed by atoms with Gasteiger partial charge in [0, 0.05) is 12.7 Å². The first-order valence-electron chi connectivity index (χ1n) is 7.12. The number of amides is 1. The van der Waals surface area contributed by atoms with Crippen molar-refractivity contribution in [1.82, 2.24) is 25.2 Å². The lowest BCUT2D eigenvalue weighted by Crippen LogP contribution is -2.32. The lowest BCUT2D eigenvalue weighted by Gasteiger charge is -2.19. The van der Waals surface area contributed by atoms with Gasteiger partial charge in [-0.3, -0.25) is 4.68 Å². The number of aryl methyl sites for hydroxylation is 2. The molecule has 0 unspecified atom stereocenters. The molecule has 0 saturated heterocycles. The number of rotatable bonds is 4. The van der Waals surface area contributed by atoms with E-state index in [9.17, 15) is 4.79 Å². The van der Waals surface area contributed by atoms with Crippen LogP contribution >= 0.6 is 0 Å². The summed E-state index contributed by atoms with van der Waals surface area (Å²) in [4.78, 5) is 15.8. The molecule has 2 rings (SSSR count). The van der Waals surface area contributed by atoms with Gasteiger partial charge in [-0.1, -0.05) is 5.16 Å². The van der Waals surface area contributed by atoms with Crippen LogP contribution in [0.1, 0.15) is 39.3 Å². The monoisotopic (exact) mass is 307 g/mol. The highest BCUT2D eigenvalue weighted by Gasteiger charge is 2.18. The molecule has 0 aliphatic rings. The number of nitrogens with one attached hydrogen (secondary N) is 1. The highest BCUT2D eigenvalue weighted by molar-refractivity contribution is 5.67. The van der Waals surface area contributed by atoms with Crippen molar-refractivity contribution in [3.63, 3.8) is 0 Å². The molecular formula is C14H21N5O3. The second-order valence-corrected chi connectivity index (χ2v) is 5.85. The Morgan fingerprint density at radius 1 is 1.45 bits per heavy atom. The number of carbonyl (C=O) groups excluding carboxylic acids is 1. The predicted octanol–water partition coefficient (Wildman–Crippen LogP) is 2.29. The summed E-state index contributed by atoms with van der Waals surface area (Å²) < 4.78 is 12.1. The fourth-order valence-electron chi connectivity index (χ4n) is 1.80. The second kappa shape index (κ2) is 6.17. The molecule has 0 spiro atoms. The number of hydrogen-bond acceptors (Lipinski definition) is 6. The summed E-state index contributed by atoms with van der Waals surface area (Å²) in [5.41, 5.74) is 1.10. The SMILES string of the molecule is CCn1cc(-c2noc(CNC(=O)OC(C)(C)C)n2)c(C)n1. The van der Waals surface area contributed by atoms with Gasteiger partial charge in [0.25, 0.3) is 0 Å². The Hall–Kier alpha value is -2.38. The first-order valence-corrected chi connectivity index (χ1v) is 7.12. The van der Waals surface area contributed by atoms with Crippen molar-refractivity contribution in [2.24, 2.45) is 0 Å². The maximum absolute atomic E-state index is 11.6. The first kappa shape index (κ1) is 16.0. The Morgan fingerprint density at radius 3 is 2.77 bits per heavy atom. The molecule has 0 atom stereocenters. The van der Waals surface area contributed by atoms with E-state index in [0.717, 1.165) is 17.8 Å². The van der Waals surface area contributed by atoms with Crippen molar-refractivity contribution in [2.75, 3.05) is 0 Å². The number of carbonyl (C=O) groups is 1. The first-order chi connectivity index (χ1) is 10.3. The molecule has 0 aliphatic heterocycles. The smallest absolute Gasteiger partial charge is 0.408 e. The Labute approximate surface area is 128 Å². The van der Waals surface area contributed by atoms with Gasteiger partial charge in [0.2, 0.25) is 11.7 Å². The van der Waals surface area contributed by atoms with Crippen LogP contribution in [0.25, 0.3) is 11.4 Å². The molecule has 8 nitrogen and oxygen atoms in total. The Kier molecular flexibility index (Phi) is 4.48. The zero-order valence-electron chi connectivity index (χ0n) is 13.5. The molecular weight excluding hydrogens is 286 g/mol. The van der Waals surface area contributed by atoms with Crippen LogP contribution in [0, 0.1) is 6.92 Å². The maximum Gasteiger partial charge on any atom is 0.408 e. The van der Waals surface area contributed by atoms with Gasteiger partial charge < -0.3 is 14.6 Å². The van der Waals surface area contributed by atoms with Crippen molar-refractivity contribution >= 4 is 6.09 Å². The largest absolute Gasteiger partial charge is 0.444 e. The second-order valence-electron chi connectivity index (χ2n) is 5.85. The van der Waals surface area contributed by atoms with Crippen molar-refractivity contribution in [3.8, 4) is 11.4 Å². The van der Waals surface area contributed by atoms with Gasteiger partial charge in [0.05, 0.1) is 11.3 Å². The Balaban J connectivity index is 2.00. The van der Waals surface area contributed by atoms with Crippen molar-refractivity contribution in [1.29, 1.82) is 0 Å². The number of hydrogen-bond donors (Lipinski definition) is 1. The molecule has 0 bridgehead atoms. The van der Waals surface area contributed by atoms with E-state index >= 15 is 0 Å². The van der Waals surface area contributed by atoms with E-state index in [4.69, 9.17) is 9.26 Å². The molecule has 1 amide bonds. The van der Waals surface area contributed by atoms with Crippen molar-refractivity contribution < 1.29 is 14.1 Å². The molecule has 120 valence electrons. The fourth-order valence-corrected chi connectivity index (χ4v) is 1.80. The third-order valence-electron chi connectivity index (χ3n) is 2.76. The maximum atomic E-state index is 11.6. The van der Waals surface area contributed by atoms with Crippen LogP contribution < -0.4 is 5.32 Å². The molecule has 0 aliphatic carbocycles. The van der Waals surface area contributed by atoms with Crippen LogP contribution in [-0.2, 0) is 17.8 Å². The van der Waals surface area contributed by atoms with Crippen LogP contribution in [0.3, 0.4) is 0 Å². The van der Waals surface area contributed by atoms with Gasteiger partial charge in [0.1, 0.15) is 12.1 Å². The molecule has 0 radical (unpaired) electrons. The lowest BCUT2D eigenvalue weighted by atomic mass is 10.2. The summed E-state index contributed by atoms with van der Waals surface area (Å²) in [6.45, 7) is 10.2. The van der Waals surface area contributed by atoms with E-state index in [2.05, 4.69) is 20.6 Å². The summed E-state index contributed by atoms with van der Waals surface area (Å²) in [5, 5.41) is 10.8. The van der Waals surface area contributed by atoms with E-state index in [1.807, 2.05) is 20.0 Å². The fraction of sp³-hybridized carbons (Fsp3) is 0.571. The minimum Gasteiger partial charge on any atom is -0.444 e. The molecule has 0 fully saturated rings. The van der Waals surface area contributed by atoms with Gasteiger partial charge >= 0.3 is 6.09 Å². The third-order valence-corrected chi connectivity index (χ3v) is 2.76. The van der Waals surface area contributed by atoms with Crippen molar-refractivity contribution in [2.45, 2.75) is 53.3 Å². The topological polar surface area (TPSA) is 95.1 Å². The zero-order chi connectivity index (χ0) is 16.3. The van der Waals surface area contributed by atoms with Crippen LogP contribution in [0.4, 0.5) is 4.79 Å². The molecule has 2 heterocycles. The Morgan fingerprint density at radius 2 is 2.18 bits per heavy atom. The predicted molar refractivity (Wildman–Crippen MR) is 79.0 cm³/mol. The lowest BCUT2D eigenvalue weighted by molar-refractivity contribution is 0.0518. The van der Waals surface area contributed by atoms with E-state index in [-0.39, 0.29) is 6.54 Å². The van der Waals surface area contributed by atoms with Gasteiger partial charge in [-0.05, 0) is 34.6 Å². The molecule has 22 heavy (non-hydrogen) atoms. The molecule has 2 aromatic rings. The minimum absolute atomic E-state index is 0.114. The minimum atomic E-state index is -0.546. The summed E-state index contributed by atoms with van der Waals surface area (Å²) in [6, 6.07) is 0. The average molecular weight is 307 g/mol. The standard InChI is InChI=1S/C14H21N5O3/c1-6-19-8-10(9(2)17-19)12-16-11(22-18-12)7-15-13(20)21-14(3,4)5/h8H,6-7H2,1-5H3,(H,15,20). The molecule has 2 aromatic heterocycles. The van der Waals surface area contributed by atoms with Gasteiger partial charge in [0.15, 0.2) is 0 Å². The van der Waals surface area contributed by atoms with E-state index in [1.165, 1.54) is 0 Å². The highest BCUT2D eigenvalue weighted by Crippen LogP contribution is 2.19. The van der Waals surface area contributed by atoms with Crippen LogP contribution in [0.5, 0.6) is 0 Å². The van der Waals surface area contributed by atoms with Crippen molar-refractivity contribution in [3.05, 3.63) is 17.8 Å². The van der Waals surface area contributed by atoms with Gasteiger partial charge in [-0.2, -0.15) is 10.1 Å². The summed E-state index contributed by atoms with van der Waals surface area (Å²) in [7, 11) is 0. The number of aromatic nitrogens is 4. The van der Waals surface area contributed by atoms with Crippen LogP contribution in [0.15, 0.2) is 10.7 Å². The zero-order valence-corrected chi connectivity index (χ0v) is 13.5. The molecule has 0 aromatic carbocycles. The summed E-state index contributed by atoms with van der Waals surface area (Å²) >= 11 is 0. The number of nitrogens with zero attached hydrogens (tertiary/aromatic N) is 4. The van der Waals surface area contributed by atoms with E-state index in [1.54, 1.807) is 25.5 Å². The highest BCUT2D eigenvalue weighted by atomic mass is 16.6. The quantitative estimate of drug-likeness (QED) is 0.931. The molecule has 1 N–H and O–H groups in total. The summed E-state index contributed by atoms with van der Waals surface area (Å²) in [6.07, 6.45) is 1.34. The normalized spacial score (nSPS) is 11.5. The third kappa shape index (κ3) is 4.06.